The van der Waals surface area contributed by atoms with Crippen LogP contribution in [0, 0.1) is 0 Å². The molecule has 1 unspecified atom stereocenters. The summed E-state index contributed by atoms with van der Waals surface area (Å²) in [4.78, 5) is 7.21. The Bertz CT molecular complexity index is 681. The molecule has 3 rings (SSSR count). The van der Waals surface area contributed by atoms with E-state index >= 15 is 0 Å². The Morgan fingerprint density at radius 2 is 2.00 bits per heavy atom. The lowest BCUT2D eigenvalue weighted by molar-refractivity contribution is 0.230. The van der Waals surface area contributed by atoms with Gasteiger partial charge in [0.2, 0.25) is 0 Å². The van der Waals surface area contributed by atoms with Gasteiger partial charge < -0.3 is 20.3 Å². The zero-order chi connectivity index (χ0) is 18.9. The highest BCUT2D eigenvalue weighted by Crippen LogP contribution is 2.24. The number of anilines is 1. The van der Waals surface area contributed by atoms with Gasteiger partial charge in [0.15, 0.2) is 5.96 Å². The summed E-state index contributed by atoms with van der Waals surface area (Å²) in [5, 5.41) is 10.5. The predicted octanol–water partition coefficient (Wildman–Crippen LogP) is 3.74. The fraction of sp³-hybridized carbons (Fsp3) is 0.476. The third kappa shape index (κ3) is 6.17. The molecule has 2 N–H and O–H groups in total. The van der Waals surface area contributed by atoms with Crippen LogP contribution in [0.5, 0.6) is 5.75 Å². The minimum absolute atomic E-state index is 0.0310. The number of para-hydroxylation sites is 1. The van der Waals surface area contributed by atoms with Gasteiger partial charge in [-0.15, -0.1) is 11.3 Å². The maximum Gasteiger partial charge on any atom is 0.191 e. The van der Waals surface area contributed by atoms with Gasteiger partial charge in [0.05, 0.1) is 11.5 Å². The van der Waals surface area contributed by atoms with Crippen LogP contribution < -0.4 is 20.3 Å². The molecular weight excluding hydrogens is 356 g/mol. The second kappa shape index (κ2) is 10.2. The molecule has 1 aliphatic rings. The summed E-state index contributed by atoms with van der Waals surface area (Å²) in [6.07, 6.45) is 2.28. The molecule has 0 amide bonds. The number of hydrogen-bond acceptors (Lipinski definition) is 4. The first-order valence-electron chi connectivity index (χ1n) is 9.79. The molecule has 2 aromatic rings. The van der Waals surface area contributed by atoms with Crippen LogP contribution in [-0.4, -0.2) is 44.3 Å². The number of hydrogen-bond donors (Lipinski definition) is 2. The molecule has 1 aliphatic heterocycles. The molecule has 0 aliphatic carbocycles. The number of piperidine rings is 1. The molecule has 27 heavy (non-hydrogen) atoms. The number of nitrogens with one attached hydrogen (secondary N) is 2. The summed E-state index contributed by atoms with van der Waals surface area (Å²) in [6, 6.07) is 14.7. The topological polar surface area (TPSA) is 48.9 Å². The van der Waals surface area contributed by atoms with Crippen molar-refractivity contribution in [2.75, 3.05) is 31.1 Å². The minimum atomic E-state index is 0.0310. The molecule has 0 saturated carbocycles. The Hall–Kier alpha value is -2.21. The average molecular weight is 387 g/mol. The molecule has 1 saturated heterocycles. The minimum Gasteiger partial charge on any atom is -0.489 e. The van der Waals surface area contributed by atoms with E-state index in [0.29, 0.717) is 12.6 Å². The summed E-state index contributed by atoms with van der Waals surface area (Å²) in [5.41, 5.74) is 0. The van der Waals surface area contributed by atoms with Crippen LogP contribution in [0.1, 0.15) is 26.7 Å². The van der Waals surface area contributed by atoms with Gasteiger partial charge in [-0.05, 0) is 56.3 Å². The fourth-order valence-electron chi connectivity index (χ4n) is 3.20. The summed E-state index contributed by atoms with van der Waals surface area (Å²) in [5.74, 6) is 1.77. The van der Waals surface area contributed by atoms with E-state index in [1.807, 2.05) is 41.7 Å². The monoisotopic (exact) mass is 386 g/mol. The Morgan fingerprint density at radius 1 is 1.22 bits per heavy atom. The number of guanidine groups is 1. The molecule has 0 bridgehead atoms. The van der Waals surface area contributed by atoms with E-state index in [9.17, 15) is 0 Å². The second-order valence-corrected chi connectivity index (χ2v) is 7.74. The summed E-state index contributed by atoms with van der Waals surface area (Å²) in [6.45, 7) is 7.81. The number of benzene rings is 1. The average Bonchev–Trinajstić information content (AvgIpc) is 3.22. The molecule has 0 spiro atoms. The molecule has 1 aromatic heterocycles. The van der Waals surface area contributed by atoms with Crippen LogP contribution in [0.4, 0.5) is 5.00 Å². The van der Waals surface area contributed by atoms with Crippen LogP contribution in [-0.2, 0) is 0 Å². The SMILES string of the molecule is CCNC(=NCC(C)Oc1ccccc1)NC1CCN(c2cccs2)CC1. The van der Waals surface area contributed by atoms with Gasteiger partial charge in [-0.2, -0.15) is 0 Å². The predicted molar refractivity (Wildman–Crippen MR) is 115 cm³/mol. The van der Waals surface area contributed by atoms with Gasteiger partial charge in [-0.25, -0.2) is 4.99 Å². The molecule has 1 aromatic carbocycles. The standard InChI is InChI=1S/C21H30N4OS/c1-3-22-21(23-16-17(2)26-19-8-5-4-6-9-19)24-18-11-13-25(14-12-18)20-10-7-15-27-20/h4-10,15,17-18H,3,11-14,16H2,1-2H3,(H2,22,23,24). The Labute approximate surface area is 166 Å². The zero-order valence-corrected chi connectivity index (χ0v) is 17.0. The first-order chi connectivity index (χ1) is 13.2. The molecule has 1 fully saturated rings. The quantitative estimate of drug-likeness (QED) is 0.562. The van der Waals surface area contributed by atoms with Gasteiger partial charge in [0.1, 0.15) is 11.9 Å². The Morgan fingerprint density at radius 3 is 2.67 bits per heavy atom. The maximum atomic E-state index is 5.92. The third-order valence-corrected chi connectivity index (χ3v) is 5.51. The third-order valence-electron chi connectivity index (χ3n) is 4.58. The first-order valence-corrected chi connectivity index (χ1v) is 10.7. The van der Waals surface area contributed by atoms with Crippen molar-refractivity contribution in [3.63, 3.8) is 0 Å². The lowest BCUT2D eigenvalue weighted by Crippen LogP contribution is -2.49. The molecule has 2 heterocycles. The lowest BCUT2D eigenvalue weighted by Gasteiger charge is -2.33. The van der Waals surface area contributed by atoms with Crippen molar-refractivity contribution in [1.29, 1.82) is 0 Å². The Balaban J connectivity index is 1.47. The van der Waals surface area contributed by atoms with Crippen LogP contribution in [0.3, 0.4) is 0 Å². The van der Waals surface area contributed by atoms with Crippen LogP contribution in [0.15, 0.2) is 52.8 Å². The second-order valence-electron chi connectivity index (χ2n) is 6.82. The smallest absolute Gasteiger partial charge is 0.191 e. The van der Waals surface area contributed by atoms with E-state index < -0.39 is 0 Å². The summed E-state index contributed by atoms with van der Waals surface area (Å²) >= 11 is 1.82. The number of thiophene rings is 1. The molecule has 0 radical (unpaired) electrons. The van der Waals surface area contributed by atoms with E-state index in [2.05, 4.69) is 46.9 Å². The summed E-state index contributed by atoms with van der Waals surface area (Å²) < 4.78 is 5.92. The highest BCUT2D eigenvalue weighted by molar-refractivity contribution is 7.14. The van der Waals surface area contributed by atoms with Crippen LogP contribution in [0.2, 0.25) is 0 Å². The highest BCUT2D eigenvalue weighted by Gasteiger charge is 2.20. The molecule has 146 valence electrons. The molecular formula is C21H30N4OS. The van der Waals surface area contributed by atoms with E-state index in [1.54, 1.807) is 0 Å². The van der Waals surface area contributed by atoms with Crippen molar-refractivity contribution in [3.8, 4) is 5.75 Å². The Kier molecular flexibility index (Phi) is 7.39. The van der Waals surface area contributed by atoms with Gasteiger partial charge in [-0.3, -0.25) is 0 Å². The lowest BCUT2D eigenvalue weighted by atomic mass is 10.1. The van der Waals surface area contributed by atoms with Gasteiger partial charge in [0, 0.05) is 25.7 Å². The largest absolute Gasteiger partial charge is 0.489 e. The van der Waals surface area contributed by atoms with Crippen molar-refractivity contribution in [1.82, 2.24) is 10.6 Å². The number of aliphatic imine (C=N–C) groups is 1. The van der Waals surface area contributed by atoms with Gasteiger partial charge >= 0.3 is 0 Å². The van der Waals surface area contributed by atoms with Crippen molar-refractivity contribution < 1.29 is 4.74 Å². The van der Waals surface area contributed by atoms with E-state index in [4.69, 9.17) is 9.73 Å². The first kappa shape index (κ1) is 19.5. The molecule has 5 nitrogen and oxygen atoms in total. The van der Waals surface area contributed by atoms with Crippen LogP contribution >= 0.6 is 11.3 Å². The number of ether oxygens (including phenoxy) is 1. The van der Waals surface area contributed by atoms with Crippen molar-refractivity contribution in [2.24, 2.45) is 4.99 Å². The fourth-order valence-corrected chi connectivity index (χ4v) is 3.98. The van der Waals surface area contributed by atoms with E-state index in [-0.39, 0.29) is 6.10 Å². The maximum absolute atomic E-state index is 5.92. The normalized spacial score (nSPS) is 16.8. The zero-order valence-electron chi connectivity index (χ0n) is 16.2. The van der Waals surface area contributed by atoms with Gasteiger partial charge in [-0.1, -0.05) is 18.2 Å². The number of nitrogens with zero attached hydrogens (tertiary/aromatic N) is 2. The van der Waals surface area contributed by atoms with E-state index in [1.165, 1.54) is 5.00 Å². The highest BCUT2D eigenvalue weighted by atomic mass is 32.1. The van der Waals surface area contributed by atoms with E-state index in [0.717, 1.165) is 44.2 Å². The van der Waals surface area contributed by atoms with Crippen molar-refractivity contribution in [2.45, 2.75) is 38.8 Å². The summed E-state index contributed by atoms with van der Waals surface area (Å²) in [7, 11) is 0. The molecule has 6 heteroatoms. The van der Waals surface area contributed by atoms with Crippen LogP contribution in [0.25, 0.3) is 0 Å². The van der Waals surface area contributed by atoms with Gasteiger partial charge in [0.25, 0.3) is 0 Å². The van der Waals surface area contributed by atoms with Crippen molar-refractivity contribution >= 4 is 22.3 Å². The number of rotatable bonds is 7. The molecule has 1 atom stereocenters. The van der Waals surface area contributed by atoms with Crippen molar-refractivity contribution in [3.05, 3.63) is 47.8 Å².